The summed E-state index contributed by atoms with van der Waals surface area (Å²) in [6, 6.07) is 35.7. The van der Waals surface area contributed by atoms with Gasteiger partial charge in [-0.1, -0.05) is 103 Å². The van der Waals surface area contributed by atoms with Crippen LogP contribution in [0.2, 0.25) is 0 Å². The van der Waals surface area contributed by atoms with Crippen LogP contribution in [0.15, 0.2) is 103 Å². The summed E-state index contributed by atoms with van der Waals surface area (Å²) in [5.41, 5.74) is 3.31. The Morgan fingerprint density at radius 3 is 2.11 bits per heavy atom. The number of aliphatic hydroxyl groups is 1. The Hall–Kier alpha value is -3.18. The molecule has 4 heteroatoms. The van der Waals surface area contributed by atoms with Crippen LogP contribution in [-0.4, -0.2) is 36.2 Å². The van der Waals surface area contributed by atoms with Gasteiger partial charge in [0.05, 0.1) is 0 Å². The van der Waals surface area contributed by atoms with Gasteiger partial charge in [-0.25, -0.2) is 0 Å². The molecule has 0 aromatic heterocycles. The molecule has 1 N–H and O–H groups in total. The Labute approximate surface area is 233 Å². The number of ether oxygens (including phenoxy) is 1. The van der Waals surface area contributed by atoms with Crippen LogP contribution in [0.25, 0.3) is 21.5 Å². The lowest BCUT2D eigenvalue weighted by Gasteiger charge is -2.40. The minimum absolute atomic E-state index is 0.364. The third-order valence-corrected chi connectivity index (χ3v) is 7.74. The van der Waals surface area contributed by atoms with Crippen molar-refractivity contribution in [3.63, 3.8) is 0 Å². The average Bonchev–Trinajstić information content (AvgIpc) is 2.94. The van der Waals surface area contributed by atoms with Gasteiger partial charge >= 0.3 is 0 Å². The van der Waals surface area contributed by atoms with Crippen LogP contribution in [0.1, 0.15) is 34.6 Å². The molecule has 5 rings (SSSR count). The molecule has 0 aliphatic rings. The summed E-state index contributed by atoms with van der Waals surface area (Å²) >= 11 is 3.49. The molecule has 0 saturated heterocycles. The maximum atomic E-state index is 13.2. The standard InChI is InChI=1S/C34H34BrNO2/c1-24-15-17-27(18-16-24)33(32-29-13-7-5-10-26(29)19-20-31(32)38-23-35)34(37,21-22-36(2)3)30-14-8-11-25-9-4-6-12-28(25)30/h4-20,33,37H,21-23H2,1-3H3. The van der Waals surface area contributed by atoms with Crippen molar-refractivity contribution in [3.8, 4) is 5.75 Å². The number of hydrogen-bond acceptors (Lipinski definition) is 3. The Balaban J connectivity index is 1.88. The summed E-state index contributed by atoms with van der Waals surface area (Å²) in [6.45, 7) is 2.82. The Bertz CT molecular complexity index is 1540. The van der Waals surface area contributed by atoms with E-state index in [1.165, 1.54) is 5.56 Å². The molecule has 3 nitrogen and oxygen atoms in total. The van der Waals surface area contributed by atoms with Crippen molar-refractivity contribution in [1.82, 2.24) is 4.90 Å². The smallest absolute Gasteiger partial charge is 0.143 e. The first-order valence-corrected chi connectivity index (χ1v) is 14.2. The van der Waals surface area contributed by atoms with Gasteiger partial charge in [-0.3, -0.25) is 0 Å². The lowest BCUT2D eigenvalue weighted by atomic mass is 9.69. The molecule has 0 heterocycles. The van der Waals surface area contributed by atoms with E-state index in [0.29, 0.717) is 11.9 Å². The first-order chi connectivity index (χ1) is 18.4. The highest BCUT2D eigenvalue weighted by Crippen LogP contribution is 2.50. The van der Waals surface area contributed by atoms with Gasteiger partial charge in [-0.2, -0.15) is 0 Å². The molecule has 5 aromatic rings. The zero-order valence-corrected chi connectivity index (χ0v) is 23.8. The average molecular weight is 569 g/mol. The van der Waals surface area contributed by atoms with Crippen LogP contribution in [-0.2, 0) is 5.60 Å². The third-order valence-electron chi connectivity index (χ3n) is 7.51. The second kappa shape index (κ2) is 11.3. The fraction of sp³-hybridized carbons (Fsp3) is 0.235. The summed E-state index contributed by atoms with van der Waals surface area (Å²) in [6.07, 6.45) is 0.545. The van der Waals surface area contributed by atoms with Gasteiger partial charge in [-0.15, -0.1) is 0 Å². The molecule has 2 unspecified atom stereocenters. The fourth-order valence-electron chi connectivity index (χ4n) is 5.63. The predicted octanol–water partition coefficient (Wildman–Crippen LogP) is 8.00. The van der Waals surface area contributed by atoms with E-state index in [4.69, 9.17) is 4.74 Å². The molecular formula is C34H34BrNO2. The number of alkyl halides is 1. The van der Waals surface area contributed by atoms with Crippen molar-refractivity contribution < 1.29 is 9.84 Å². The van der Waals surface area contributed by atoms with Crippen LogP contribution in [0, 0.1) is 6.92 Å². The molecule has 0 amide bonds. The van der Waals surface area contributed by atoms with Crippen molar-refractivity contribution >= 4 is 37.5 Å². The van der Waals surface area contributed by atoms with Gasteiger partial charge in [-0.05, 0) is 82.1 Å². The molecule has 2 atom stereocenters. The Morgan fingerprint density at radius 1 is 0.789 bits per heavy atom. The van der Waals surface area contributed by atoms with Crippen LogP contribution in [0.4, 0.5) is 0 Å². The normalized spacial score (nSPS) is 14.1. The van der Waals surface area contributed by atoms with Gasteiger partial charge in [0.2, 0.25) is 0 Å². The highest BCUT2D eigenvalue weighted by atomic mass is 79.9. The molecule has 0 radical (unpaired) electrons. The first kappa shape index (κ1) is 26.4. The second-order valence-electron chi connectivity index (χ2n) is 10.3. The first-order valence-electron chi connectivity index (χ1n) is 13.0. The molecule has 0 bridgehead atoms. The van der Waals surface area contributed by atoms with Gasteiger partial charge in [0.1, 0.15) is 16.9 Å². The van der Waals surface area contributed by atoms with Crippen molar-refractivity contribution in [2.45, 2.75) is 24.9 Å². The van der Waals surface area contributed by atoms with E-state index in [9.17, 15) is 5.11 Å². The van der Waals surface area contributed by atoms with Crippen molar-refractivity contribution in [2.75, 3.05) is 26.2 Å². The number of halogens is 1. The minimum atomic E-state index is -1.23. The molecule has 0 saturated carbocycles. The quantitative estimate of drug-likeness (QED) is 0.183. The maximum Gasteiger partial charge on any atom is 0.143 e. The van der Waals surface area contributed by atoms with Crippen molar-refractivity contribution in [1.29, 1.82) is 0 Å². The van der Waals surface area contributed by atoms with E-state index in [-0.39, 0.29) is 5.92 Å². The lowest BCUT2D eigenvalue weighted by Crippen LogP contribution is -2.38. The van der Waals surface area contributed by atoms with E-state index in [2.05, 4.69) is 139 Å². The minimum Gasteiger partial charge on any atom is -0.482 e. The fourth-order valence-corrected chi connectivity index (χ4v) is 5.88. The van der Waals surface area contributed by atoms with E-state index >= 15 is 0 Å². The molecule has 0 aliphatic carbocycles. The van der Waals surface area contributed by atoms with Gasteiger partial charge < -0.3 is 14.7 Å². The summed E-state index contributed by atoms with van der Waals surface area (Å²) < 4.78 is 6.21. The molecule has 194 valence electrons. The number of aryl methyl sites for hydroxylation is 1. The second-order valence-corrected chi connectivity index (χ2v) is 10.8. The van der Waals surface area contributed by atoms with Crippen LogP contribution in [0.5, 0.6) is 5.75 Å². The topological polar surface area (TPSA) is 32.7 Å². The molecule has 5 aromatic carbocycles. The summed E-state index contributed by atoms with van der Waals surface area (Å²) in [5.74, 6) is 0.392. The molecule has 0 aliphatic heterocycles. The van der Waals surface area contributed by atoms with Crippen molar-refractivity contribution in [2.24, 2.45) is 0 Å². The molecule has 38 heavy (non-hydrogen) atoms. The largest absolute Gasteiger partial charge is 0.482 e. The zero-order valence-electron chi connectivity index (χ0n) is 22.2. The summed E-state index contributed by atoms with van der Waals surface area (Å²) in [4.78, 5) is 2.14. The van der Waals surface area contributed by atoms with E-state index in [0.717, 1.165) is 50.5 Å². The van der Waals surface area contributed by atoms with Gasteiger partial charge in [0.25, 0.3) is 0 Å². The number of rotatable bonds is 9. The van der Waals surface area contributed by atoms with Crippen LogP contribution in [0.3, 0.4) is 0 Å². The number of nitrogens with zero attached hydrogens (tertiary/aromatic N) is 1. The SMILES string of the molecule is Cc1ccc(C(c2c(OCBr)ccc3ccccc23)C(O)(CCN(C)C)c2cccc3ccccc23)cc1. The molecule has 0 fully saturated rings. The summed E-state index contributed by atoms with van der Waals surface area (Å²) in [5, 5.41) is 17.6. The van der Waals surface area contributed by atoms with E-state index in [1.807, 2.05) is 6.07 Å². The zero-order chi connectivity index (χ0) is 26.7. The highest BCUT2D eigenvalue weighted by Gasteiger charge is 2.43. The lowest BCUT2D eigenvalue weighted by molar-refractivity contribution is 0.00566. The molecular weight excluding hydrogens is 534 g/mol. The van der Waals surface area contributed by atoms with Gasteiger partial charge in [0.15, 0.2) is 0 Å². The predicted molar refractivity (Wildman–Crippen MR) is 162 cm³/mol. The maximum absolute atomic E-state index is 13.2. The molecule has 0 spiro atoms. The number of benzene rings is 5. The van der Waals surface area contributed by atoms with E-state index in [1.54, 1.807) is 0 Å². The third kappa shape index (κ3) is 5.09. The van der Waals surface area contributed by atoms with Crippen LogP contribution >= 0.6 is 15.9 Å². The highest BCUT2D eigenvalue weighted by molar-refractivity contribution is 9.09. The van der Waals surface area contributed by atoms with Crippen LogP contribution < -0.4 is 4.74 Å². The number of fused-ring (bicyclic) bond motifs is 2. The summed E-state index contributed by atoms with van der Waals surface area (Å²) in [7, 11) is 4.11. The Kier molecular flexibility index (Phi) is 7.85. The van der Waals surface area contributed by atoms with E-state index < -0.39 is 5.60 Å². The monoisotopic (exact) mass is 567 g/mol. The van der Waals surface area contributed by atoms with Crippen molar-refractivity contribution in [3.05, 3.63) is 125 Å². The number of hydrogen-bond donors (Lipinski definition) is 1. The Morgan fingerprint density at radius 2 is 1.42 bits per heavy atom. The van der Waals surface area contributed by atoms with Gasteiger partial charge in [0, 0.05) is 18.0 Å².